The van der Waals surface area contributed by atoms with Crippen molar-refractivity contribution in [2.24, 2.45) is 0 Å². The predicted molar refractivity (Wildman–Crippen MR) is 292 cm³/mol. The van der Waals surface area contributed by atoms with Gasteiger partial charge < -0.3 is 41.1 Å². The van der Waals surface area contributed by atoms with Crippen molar-refractivity contribution in [1.29, 1.82) is 0 Å². The molecule has 2 rings (SSSR count). The van der Waals surface area contributed by atoms with Crippen LogP contribution < -0.4 is 0 Å². The number of ether oxygens (including phenoxy) is 4. The average Bonchev–Trinajstić information content (AvgIpc) is 3.15. The summed E-state index contributed by atoms with van der Waals surface area (Å²) in [6.07, 6.45) is 14.7. The molecule has 7 atom stereocenters. The standard InChI is InChI=1S/C52H110O9Si5/c1-25-26-27-28-29-30-31-32-33-34-35-36-41-37-42(55-40-53-14)43(58-62(41,15)16)38-54-48-47(61-66(23,24)52(11,12)13)46(60-65(21,22)51(8,9)10)45(59-64(19,20)50(5,6)7)44(57-48)39-56-63(17,18)49(2,3)4/h37,42-48H,25-36,38-40H2,1-24H3/t42-,43-,44?,45?,46?,47?,48?/m0/s1. The zero-order valence-electron chi connectivity index (χ0n) is 47.9. The molecule has 2 aliphatic heterocycles. The lowest BCUT2D eigenvalue weighted by Crippen LogP contribution is -2.69. The maximum absolute atomic E-state index is 7.70. The first-order chi connectivity index (χ1) is 29.9. The molecule has 5 unspecified atom stereocenters. The largest absolute Gasteiger partial charge is 0.414 e. The van der Waals surface area contributed by atoms with Gasteiger partial charge in [-0.25, -0.2) is 0 Å². The molecule has 66 heavy (non-hydrogen) atoms. The van der Waals surface area contributed by atoms with Crippen LogP contribution in [0, 0.1) is 0 Å². The van der Waals surface area contributed by atoms with Crippen LogP contribution >= 0.6 is 0 Å². The Labute approximate surface area is 414 Å². The average molecular weight is 1020 g/mol. The lowest BCUT2D eigenvalue weighted by Gasteiger charge is -2.55. The summed E-state index contributed by atoms with van der Waals surface area (Å²) < 4.78 is 63.6. The Balaban J connectivity index is 2.63. The van der Waals surface area contributed by atoms with Crippen LogP contribution in [-0.4, -0.2) is 112 Å². The van der Waals surface area contributed by atoms with Crippen LogP contribution in [0.2, 0.25) is 85.6 Å². The van der Waals surface area contributed by atoms with Gasteiger partial charge in [0.25, 0.3) is 0 Å². The molecule has 0 saturated carbocycles. The van der Waals surface area contributed by atoms with E-state index in [4.69, 9.17) is 41.1 Å². The summed E-state index contributed by atoms with van der Waals surface area (Å²) in [5.41, 5.74) is 0. The molecule has 1 saturated heterocycles. The van der Waals surface area contributed by atoms with Gasteiger partial charge in [0.1, 0.15) is 37.3 Å². The van der Waals surface area contributed by atoms with Gasteiger partial charge in [0.15, 0.2) is 39.6 Å². The normalized spacial score (nSPS) is 25.3. The van der Waals surface area contributed by atoms with Gasteiger partial charge >= 0.3 is 0 Å². The summed E-state index contributed by atoms with van der Waals surface area (Å²) in [4.78, 5) is 0. The van der Waals surface area contributed by atoms with Gasteiger partial charge in [-0.1, -0.05) is 165 Å². The van der Waals surface area contributed by atoms with E-state index in [0.717, 1.165) is 6.42 Å². The number of hydrogen-bond acceptors (Lipinski definition) is 9. The highest BCUT2D eigenvalue weighted by Crippen LogP contribution is 2.47. The van der Waals surface area contributed by atoms with Crippen LogP contribution in [0.1, 0.15) is 167 Å². The van der Waals surface area contributed by atoms with Gasteiger partial charge in [-0.2, -0.15) is 0 Å². The topological polar surface area (TPSA) is 83.1 Å². The fraction of sp³-hybridized carbons (Fsp3) is 0.962. The van der Waals surface area contributed by atoms with Crippen LogP contribution in [0.25, 0.3) is 0 Å². The fourth-order valence-electron chi connectivity index (χ4n) is 7.62. The Morgan fingerprint density at radius 3 is 1.39 bits per heavy atom. The second-order valence-corrected chi connectivity index (χ2v) is 49.6. The van der Waals surface area contributed by atoms with Crippen molar-refractivity contribution in [2.45, 2.75) is 296 Å². The Morgan fingerprint density at radius 2 is 0.955 bits per heavy atom. The molecule has 0 aromatic rings. The van der Waals surface area contributed by atoms with Gasteiger partial charge in [-0.3, -0.25) is 0 Å². The summed E-state index contributed by atoms with van der Waals surface area (Å²) >= 11 is 0. The number of rotatable bonds is 27. The Hall–Kier alpha value is 0.464. The smallest absolute Gasteiger partial charge is 0.214 e. The summed E-state index contributed by atoms with van der Waals surface area (Å²) in [6, 6.07) is 0. The lowest BCUT2D eigenvalue weighted by atomic mass is 9.99. The van der Waals surface area contributed by atoms with E-state index < -0.39 is 72.3 Å². The van der Waals surface area contributed by atoms with Crippen LogP contribution in [0.15, 0.2) is 11.3 Å². The van der Waals surface area contributed by atoms with Gasteiger partial charge in [-0.05, 0) is 98.5 Å². The minimum Gasteiger partial charge on any atom is -0.414 e. The lowest BCUT2D eigenvalue weighted by molar-refractivity contribution is -0.296. The van der Waals surface area contributed by atoms with Crippen molar-refractivity contribution < 1.29 is 41.1 Å². The molecule has 0 N–H and O–H groups in total. The molecule has 0 aromatic heterocycles. The minimum absolute atomic E-state index is 0.0181. The third-order valence-corrected chi connectivity index (χ3v) is 37.3. The summed E-state index contributed by atoms with van der Waals surface area (Å²) in [5, 5.41) is 1.25. The van der Waals surface area contributed by atoms with Crippen molar-refractivity contribution in [3.63, 3.8) is 0 Å². The van der Waals surface area contributed by atoms with Crippen LogP contribution in [0.4, 0.5) is 0 Å². The van der Waals surface area contributed by atoms with Crippen molar-refractivity contribution in [2.75, 3.05) is 27.1 Å². The van der Waals surface area contributed by atoms with Crippen molar-refractivity contribution >= 4 is 41.6 Å². The summed E-state index contributed by atoms with van der Waals surface area (Å²) in [7, 11) is -10.1. The second kappa shape index (κ2) is 25.4. The fourth-order valence-corrected chi connectivity index (χ4v) is 15.0. The highest BCUT2D eigenvalue weighted by molar-refractivity contribution is 6.78. The van der Waals surface area contributed by atoms with E-state index in [-0.39, 0.29) is 45.8 Å². The molecule has 14 heteroatoms. The molecular weight excluding hydrogens is 909 g/mol. The van der Waals surface area contributed by atoms with Gasteiger partial charge in [0.2, 0.25) is 8.32 Å². The van der Waals surface area contributed by atoms with Crippen molar-refractivity contribution in [3.05, 3.63) is 11.3 Å². The molecule has 0 amide bonds. The third kappa shape index (κ3) is 18.5. The van der Waals surface area contributed by atoms with Crippen molar-refractivity contribution in [1.82, 2.24) is 0 Å². The molecule has 0 bridgehead atoms. The van der Waals surface area contributed by atoms with E-state index in [2.05, 4.69) is 162 Å². The first-order valence-corrected chi connectivity index (χ1v) is 40.9. The molecule has 0 radical (unpaired) electrons. The number of methoxy groups -OCH3 is 1. The zero-order valence-corrected chi connectivity index (χ0v) is 52.9. The van der Waals surface area contributed by atoms with Gasteiger partial charge in [0.05, 0.1) is 19.3 Å². The third-order valence-electron chi connectivity index (χ3n) is 16.5. The summed E-state index contributed by atoms with van der Waals surface area (Å²) in [6.45, 7) is 54.0. The number of allylic oxidation sites excluding steroid dienone is 1. The Bertz CT molecular complexity index is 1440. The van der Waals surface area contributed by atoms with E-state index >= 15 is 0 Å². The molecule has 0 aromatic carbocycles. The highest BCUT2D eigenvalue weighted by Gasteiger charge is 2.57. The maximum atomic E-state index is 7.70. The highest BCUT2D eigenvalue weighted by atomic mass is 28.4. The van der Waals surface area contributed by atoms with Crippen LogP contribution in [0.3, 0.4) is 0 Å². The van der Waals surface area contributed by atoms with E-state index in [1.807, 2.05) is 0 Å². The van der Waals surface area contributed by atoms with E-state index in [9.17, 15) is 0 Å². The monoisotopic (exact) mass is 1020 g/mol. The van der Waals surface area contributed by atoms with E-state index in [1.165, 1.54) is 75.8 Å². The van der Waals surface area contributed by atoms with Crippen molar-refractivity contribution in [3.8, 4) is 0 Å². The molecule has 9 nitrogen and oxygen atoms in total. The Morgan fingerprint density at radius 1 is 0.530 bits per heavy atom. The number of unbranched alkanes of at least 4 members (excludes halogenated alkanes) is 10. The Kier molecular flexibility index (Phi) is 24.1. The predicted octanol–water partition coefficient (Wildman–Crippen LogP) is 15.7. The second-order valence-electron chi connectivity index (χ2n) is 26.7. The molecule has 2 heterocycles. The zero-order chi connectivity index (χ0) is 50.8. The molecule has 392 valence electrons. The molecule has 2 aliphatic rings. The molecule has 1 fully saturated rings. The molecular formula is C52H110O9Si5. The van der Waals surface area contributed by atoms with E-state index in [0.29, 0.717) is 6.61 Å². The van der Waals surface area contributed by atoms with Gasteiger partial charge in [-0.15, -0.1) is 0 Å². The quantitative estimate of drug-likeness (QED) is 0.0454. The van der Waals surface area contributed by atoms with Gasteiger partial charge in [0, 0.05) is 7.11 Å². The minimum atomic E-state index is -2.45. The van der Waals surface area contributed by atoms with Crippen LogP contribution in [-0.2, 0) is 41.1 Å². The number of hydrogen-bond donors (Lipinski definition) is 0. The summed E-state index contributed by atoms with van der Waals surface area (Å²) in [5.74, 6) is 0. The maximum Gasteiger partial charge on any atom is 0.214 e. The molecule has 0 aliphatic carbocycles. The van der Waals surface area contributed by atoms with E-state index in [1.54, 1.807) is 7.11 Å². The first-order valence-electron chi connectivity index (χ1n) is 26.4. The first kappa shape index (κ1) is 62.6. The SMILES string of the molecule is CCCCCCCCCCCCCC1=C[C@H](OCOC)[C@H](COC2OC(CO[Si](C)(C)C(C)(C)C)C(O[Si](C)(C)C(C)(C)C)C(O[Si](C)(C)C(C)(C)C)C2O[Si](C)(C)C(C)(C)C)O[Si]1(C)C. The van der Waals surface area contributed by atoms with Crippen LogP contribution in [0.5, 0.6) is 0 Å². The molecule has 0 spiro atoms.